The van der Waals surface area contributed by atoms with Gasteiger partial charge in [-0.1, -0.05) is 24.3 Å². The van der Waals surface area contributed by atoms with E-state index in [0.717, 1.165) is 65.1 Å². The topological polar surface area (TPSA) is 55.4 Å². The van der Waals surface area contributed by atoms with Gasteiger partial charge in [-0.2, -0.15) is 0 Å². The molecule has 1 amide bonds. The largest absolute Gasteiger partial charge is 0.486 e. The SMILES string of the molecule is Cc1ccccc1NC(=O)/C=C/c1ccc(OCC(=O)C23CC4CC(CC(C4)C2)C3)c(C)c1. The van der Waals surface area contributed by atoms with Crippen molar-refractivity contribution >= 4 is 23.5 Å². The smallest absolute Gasteiger partial charge is 0.248 e. The number of aryl methyl sites for hydroxylation is 2. The van der Waals surface area contributed by atoms with Crippen LogP contribution in [-0.2, 0) is 9.59 Å². The molecular formula is C29H33NO3. The number of rotatable bonds is 7. The maximum absolute atomic E-state index is 13.2. The van der Waals surface area contributed by atoms with Crippen molar-refractivity contribution in [2.75, 3.05) is 11.9 Å². The Labute approximate surface area is 196 Å². The molecule has 4 nitrogen and oxygen atoms in total. The fraction of sp³-hybridized carbons (Fsp3) is 0.448. The van der Waals surface area contributed by atoms with Crippen molar-refractivity contribution in [1.82, 2.24) is 0 Å². The summed E-state index contributed by atoms with van der Waals surface area (Å²) >= 11 is 0. The Morgan fingerprint density at radius 2 is 1.64 bits per heavy atom. The number of carbonyl (C=O) groups is 2. The summed E-state index contributed by atoms with van der Waals surface area (Å²) in [5, 5.41) is 2.91. The van der Waals surface area contributed by atoms with Gasteiger partial charge in [0.1, 0.15) is 12.4 Å². The van der Waals surface area contributed by atoms with Crippen LogP contribution < -0.4 is 10.1 Å². The van der Waals surface area contributed by atoms with Gasteiger partial charge in [-0.05, 0) is 111 Å². The predicted molar refractivity (Wildman–Crippen MR) is 131 cm³/mol. The first-order chi connectivity index (χ1) is 15.9. The first-order valence-corrected chi connectivity index (χ1v) is 12.2. The van der Waals surface area contributed by atoms with Gasteiger partial charge in [0, 0.05) is 17.2 Å². The van der Waals surface area contributed by atoms with Gasteiger partial charge in [-0.25, -0.2) is 0 Å². The Bertz CT molecular complexity index is 1060. The molecule has 1 N–H and O–H groups in total. The number of ether oxygens (including phenoxy) is 1. The molecule has 0 aliphatic heterocycles. The number of amides is 1. The van der Waals surface area contributed by atoms with Crippen LogP contribution in [0.5, 0.6) is 5.75 Å². The average molecular weight is 444 g/mol. The minimum absolute atomic E-state index is 0.115. The van der Waals surface area contributed by atoms with Gasteiger partial charge in [-0.15, -0.1) is 0 Å². The van der Waals surface area contributed by atoms with Crippen LogP contribution in [0.2, 0.25) is 0 Å². The van der Waals surface area contributed by atoms with E-state index in [1.165, 1.54) is 25.3 Å². The number of ketones is 1. The second-order valence-corrected chi connectivity index (χ2v) is 10.6. The highest BCUT2D eigenvalue weighted by Crippen LogP contribution is 2.60. The highest BCUT2D eigenvalue weighted by Gasteiger charge is 2.54. The molecule has 4 aliphatic carbocycles. The highest BCUT2D eigenvalue weighted by molar-refractivity contribution is 6.02. The molecule has 6 rings (SSSR count). The minimum Gasteiger partial charge on any atom is -0.486 e. The molecule has 0 radical (unpaired) electrons. The van der Waals surface area contributed by atoms with Crippen molar-refractivity contribution in [3.8, 4) is 5.75 Å². The number of para-hydroxylation sites is 1. The van der Waals surface area contributed by atoms with Crippen LogP contribution in [0.4, 0.5) is 5.69 Å². The third-order valence-corrected chi connectivity index (χ3v) is 8.02. The van der Waals surface area contributed by atoms with E-state index in [1.54, 1.807) is 6.08 Å². The second-order valence-electron chi connectivity index (χ2n) is 10.6. The van der Waals surface area contributed by atoms with Gasteiger partial charge in [0.05, 0.1) is 0 Å². The standard InChI is InChI=1S/C29H33NO3/c1-19-5-3-4-6-25(19)30-28(32)10-8-21-7-9-26(20(2)11-21)33-18-27(31)29-15-22-12-23(16-29)14-24(13-22)17-29/h3-11,22-24H,12-18H2,1-2H3,(H,30,32)/b10-8+. The van der Waals surface area contributed by atoms with Gasteiger partial charge < -0.3 is 10.1 Å². The lowest BCUT2D eigenvalue weighted by atomic mass is 9.48. The van der Waals surface area contributed by atoms with Crippen molar-refractivity contribution in [1.29, 1.82) is 0 Å². The number of Topliss-reactive ketones (excluding diaryl/α,β-unsaturated/α-hetero) is 1. The lowest BCUT2D eigenvalue weighted by Gasteiger charge is -2.55. The van der Waals surface area contributed by atoms with Crippen molar-refractivity contribution < 1.29 is 14.3 Å². The third kappa shape index (κ3) is 4.62. The van der Waals surface area contributed by atoms with Crippen LogP contribution in [0.1, 0.15) is 55.2 Å². The quantitative estimate of drug-likeness (QED) is 0.525. The number of hydrogen-bond donors (Lipinski definition) is 1. The second kappa shape index (κ2) is 8.81. The molecule has 0 saturated heterocycles. The van der Waals surface area contributed by atoms with Crippen LogP contribution in [0.15, 0.2) is 48.5 Å². The number of anilines is 1. The number of nitrogens with one attached hydrogen (secondary N) is 1. The molecule has 0 spiro atoms. The Balaban J connectivity index is 1.18. The fourth-order valence-electron chi connectivity index (χ4n) is 6.75. The van der Waals surface area contributed by atoms with Crippen molar-refractivity contribution in [2.24, 2.45) is 23.2 Å². The van der Waals surface area contributed by atoms with Gasteiger partial charge >= 0.3 is 0 Å². The molecule has 0 atom stereocenters. The van der Waals surface area contributed by atoms with Crippen LogP contribution in [0.3, 0.4) is 0 Å². The zero-order chi connectivity index (χ0) is 23.0. The summed E-state index contributed by atoms with van der Waals surface area (Å²) in [6.07, 6.45) is 10.6. The van der Waals surface area contributed by atoms with E-state index in [2.05, 4.69) is 5.32 Å². The van der Waals surface area contributed by atoms with Crippen LogP contribution in [-0.4, -0.2) is 18.3 Å². The Kier molecular flexibility index (Phi) is 5.86. The van der Waals surface area contributed by atoms with E-state index in [0.29, 0.717) is 5.78 Å². The Morgan fingerprint density at radius 3 is 2.27 bits per heavy atom. The zero-order valence-corrected chi connectivity index (χ0v) is 19.6. The average Bonchev–Trinajstić information content (AvgIpc) is 2.77. The van der Waals surface area contributed by atoms with E-state index in [1.807, 2.05) is 56.3 Å². The molecule has 4 aliphatic rings. The summed E-state index contributed by atoms with van der Waals surface area (Å²) in [4.78, 5) is 25.5. The lowest BCUT2D eigenvalue weighted by molar-refractivity contribution is -0.146. The molecule has 4 saturated carbocycles. The van der Waals surface area contributed by atoms with Crippen molar-refractivity contribution in [3.05, 3.63) is 65.2 Å². The molecular weight excluding hydrogens is 410 g/mol. The molecule has 172 valence electrons. The van der Waals surface area contributed by atoms with E-state index in [-0.39, 0.29) is 17.9 Å². The monoisotopic (exact) mass is 443 g/mol. The predicted octanol–water partition coefficient (Wildman–Crippen LogP) is 6.12. The fourth-order valence-corrected chi connectivity index (χ4v) is 6.75. The summed E-state index contributed by atoms with van der Waals surface area (Å²) in [5.74, 6) is 3.17. The zero-order valence-electron chi connectivity index (χ0n) is 19.6. The number of hydrogen-bond acceptors (Lipinski definition) is 3. The highest BCUT2D eigenvalue weighted by atomic mass is 16.5. The number of benzene rings is 2. The molecule has 0 unspecified atom stereocenters. The molecule has 2 aromatic carbocycles. The Morgan fingerprint density at radius 1 is 0.970 bits per heavy atom. The van der Waals surface area contributed by atoms with Gasteiger partial charge in [0.25, 0.3) is 0 Å². The molecule has 0 heterocycles. The van der Waals surface area contributed by atoms with Crippen molar-refractivity contribution in [3.63, 3.8) is 0 Å². The summed E-state index contributed by atoms with van der Waals surface area (Å²) < 4.78 is 6.01. The maximum Gasteiger partial charge on any atom is 0.248 e. The summed E-state index contributed by atoms with van der Waals surface area (Å²) in [6.45, 7) is 4.12. The van der Waals surface area contributed by atoms with Gasteiger partial charge in [0.15, 0.2) is 5.78 Å². The summed E-state index contributed by atoms with van der Waals surface area (Å²) in [7, 11) is 0. The van der Waals surface area contributed by atoms with Crippen LogP contribution in [0.25, 0.3) is 6.08 Å². The first kappa shape index (κ1) is 21.9. The normalized spacial score (nSPS) is 27.6. The minimum atomic E-state index is -0.163. The van der Waals surface area contributed by atoms with Crippen LogP contribution in [0, 0.1) is 37.0 Å². The van der Waals surface area contributed by atoms with E-state index >= 15 is 0 Å². The van der Waals surface area contributed by atoms with E-state index in [4.69, 9.17) is 4.74 Å². The lowest BCUT2D eigenvalue weighted by Crippen LogP contribution is -2.51. The molecule has 4 heteroatoms. The maximum atomic E-state index is 13.2. The Hall–Kier alpha value is -2.88. The van der Waals surface area contributed by atoms with Crippen molar-refractivity contribution in [2.45, 2.75) is 52.4 Å². The molecule has 33 heavy (non-hydrogen) atoms. The molecule has 4 bridgehead atoms. The first-order valence-electron chi connectivity index (χ1n) is 12.2. The molecule has 2 aromatic rings. The summed E-state index contributed by atoms with van der Waals surface area (Å²) in [5.41, 5.74) is 3.62. The van der Waals surface area contributed by atoms with Gasteiger partial charge in [-0.3, -0.25) is 9.59 Å². The molecule has 0 aromatic heterocycles. The summed E-state index contributed by atoms with van der Waals surface area (Å²) in [6, 6.07) is 13.5. The van der Waals surface area contributed by atoms with E-state index < -0.39 is 0 Å². The van der Waals surface area contributed by atoms with Gasteiger partial charge in [0.2, 0.25) is 5.91 Å². The van der Waals surface area contributed by atoms with E-state index in [9.17, 15) is 9.59 Å². The van der Waals surface area contributed by atoms with Crippen LogP contribution >= 0.6 is 0 Å². The number of carbonyl (C=O) groups excluding carboxylic acids is 2. The third-order valence-electron chi connectivity index (χ3n) is 8.02. The molecule has 4 fully saturated rings.